The number of hydrogen-bond donors (Lipinski definition) is 2. The van der Waals surface area contributed by atoms with E-state index in [9.17, 15) is 14.6 Å². The van der Waals surface area contributed by atoms with Gasteiger partial charge in [-0.15, -0.1) is 0 Å². The van der Waals surface area contributed by atoms with E-state index >= 15 is 0 Å². The Kier molecular flexibility index (Phi) is 4.93. The predicted molar refractivity (Wildman–Crippen MR) is 90.5 cm³/mol. The molecule has 6 heteroatoms. The summed E-state index contributed by atoms with van der Waals surface area (Å²) in [7, 11) is -3.96. The normalized spacial score (nSPS) is 14.6. The second-order valence-electron chi connectivity index (χ2n) is 6.19. The first-order valence-corrected chi connectivity index (χ1v) is 8.77. The van der Waals surface area contributed by atoms with Gasteiger partial charge in [0.2, 0.25) is 0 Å². The Morgan fingerprint density at radius 1 is 1.26 bits per heavy atom. The van der Waals surface area contributed by atoms with E-state index < -0.39 is 7.60 Å². The Morgan fingerprint density at radius 3 is 2.61 bits per heavy atom. The van der Waals surface area contributed by atoms with Crippen molar-refractivity contribution < 1.29 is 19.1 Å². The van der Waals surface area contributed by atoms with E-state index in [4.69, 9.17) is 4.52 Å². The number of aromatic hydroxyl groups is 1. The summed E-state index contributed by atoms with van der Waals surface area (Å²) in [5.41, 5.74) is 1.03. The molecule has 0 bridgehead atoms. The standard InChI is InChI=1S/C17H20NO4P/c1-17(2,3)15-11-14(6-7-16(15)19)22-23(20,21)10-8-13-5-4-9-18-12-13/h4-12,19H,1-3H3,(H,20,21)/b10-8+. The molecule has 0 saturated carbocycles. The largest absolute Gasteiger partial charge is 0.508 e. The van der Waals surface area contributed by atoms with Gasteiger partial charge >= 0.3 is 7.60 Å². The van der Waals surface area contributed by atoms with E-state index in [1.807, 2.05) is 20.8 Å². The maximum atomic E-state index is 12.2. The Morgan fingerprint density at radius 2 is 2.00 bits per heavy atom. The third-order valence-electron chi connectivity index (χ3n) is 3.15. The van der Waals surface area contributed by atoms with Crippen LogP contribution in [0.1, 0.15) is 31.9 Å². The first-order valence-electron chi connectivity index (χ1n) is 7.12. The first-order chi connectivity index (χ1) is 10.7. The highest BCUT2D eigenvalue weighted by atomic mass is 31.2. The topological polar surface area (TPSA) is 79.7 Å². The number of phenols is 1. The number of benzene rings is 1. The Balaban J connectivity index is 2.21. The van der Waals surface area contributed by atoms with Gasteiger partial charge in [0, 0.05) is 23.8 Å². The van der Waals surface area contributed by atoms with Crippen LogP contribution in [0, 0.1) is 0 Å². The van der Waals surface area contributed by atoms with Gasteiger partial charge in [0.25, 0.3) is 0 Å². The molecule has 0 fully saturated rings. The minimum Gasteiger partial charge on any atom is -0.508 e. The van der Waals surface area contributed by atoms with E-state index in [0.29, 0.717) is 11.1 Å². The molecule has 2 N–H and O–H groups in total. The lowest BCUT2D eigenvalue weighted by Gasteiger charge is -2.21. The highest BCUT2D eigenvalue weighted by Crippen LogP contribution is 2.46. The van der Waals surface area contributed by atoms with E-state index in [-0.39, 0.29) is 16.9 Å². The van der Waals surface area contributed by atoms with Gasteiger partial charge in [-0.2, -0.15) is 0 Å². The molecule has 2 aromatic rings. The van der Waals surface area contributed by atoms with Crippen molar-refractivity contribution in [3.63, 3.8) is 0 Å². The van der Waals surface area contributed by atoms with Crippen molar-refractivity contribution in [1.29, 1.82) is 0 Å². The Labute approximate surface area is 135 Å². The number of nitrogens with zero attached hydrogens (tertiary/aromatic N) is 1. The highest BCUT2D eigenvalue weighted by Gasteiger charge is 2.22. The average Bonchev–Trinajstić information content (AvgIpc) is 2.47. The fourth-order valence-corrected chi connectivity index (χ4v) is 2.85. The van der Waals surface area contributed by atoms with Crippen LogP contribution in [-0.4, -0.2) is 15.0 Å². The third kappa shape index (κ3) is 4.95. The quantitative estimate of drug-likeness (QED) is 0.815. The summed E-state index contributed by atoms with van der Waals surface area (Å²) < 4.78 is 17.4. The molecule has 0 radical (unpaired) electrons. The summed E-state index contributed by atoms with van der Waals surface area (Å²) >= 11 is 0. The Hall–Kier alpha value is -2.10. The molecule has 0 aliphatic carbocycles. The summed E-state index contributed by atoms with van der Waals surface area (Å²) in [6.45, 7) is 5.81. The van der Waals surface area contributed by atoms with Crippen LogP contribution in [0.15, 0.2) is 48.5 Å². The van der Waals surface area contributed by atoms with Crippen LogP contribution in [0.25, 0.3) is 6.08 Å². The van der Waals surface area contributed by atoms with Gasteiger partial charge in [-0.25, -0.2) is 4.57 Å². The molecular weight excluding hydrogens is 313 g/mol. The zero-order valence-corrected chi connectivity index (χ0v) is 14.2. The molecule has 1 atom stereocenters. The van der Waals surface area contributed by atoms with Crippen molar-refractivity contribution in [1.82, 2.24) is 4.98 Å². The summed E-state index contributed by atoms with van der Waals surface area (Å²) in [6.07, 6.45) is 4.68. The monoisotopic (exact) mass is 333 g/mol. The zero-order chi connectivity index (χ0) is 17.1. The van der Waals surface area contributed by atoms with Gasteiger partial charge < -0.3 is 14.5 Å². The molecule has 0 spiro atoms. The van der Waals surface area contributed by atoms with E-state index in [0.717, 1.165) is 5.82 Å². The lowest BCUT2D eigenvalue weighted by molar-refractivity contribution is 0.389. The van der Waals surface area contributed by atoms with Gasteiger partial charge in [0.15, 0.2) is 0 Å². The van der Waals surface area contributed by atoms with E-state index in [1.54, 1.807) is 30.6 Å². The number of hydrogen-bond acceptors (Lipinski definition) is 4. The molecule has 23 heavy (non-hydrogen) atoms. The molecule has 1 heterocycles. The summed E-state index contributed by atoms with van der Waals surface area (Å²) in [4.78, 5) is 13.9. The fraction of sp³-hybridized carbons (Fsp3) is 0.235. The summed E-state index contributed by atoms with van der Waals surface area (Å²) in [5, 5.41) is 9.91. The smallest absolute Gasteiger partial charge is 0.401 e. The minimum atomic E-state index is -3.96. The SMILES string of the molecule is CC(C)(C)c1cc(OP(=O)(O)/C=C/c2cccnc2)ccc1O. The van der Waals surface area contributed by atoms with Crippen molar-refractivity contribution in [2.24, 2.45) is 0 Å². The first kappa shape index (κ1) is 17.3. The van der Waals surface area contributed by atoms with Crippen LogP contribution in [0.2, 0.25) is 0 Å². The lowest BCUT2D eigenvalue weighted by atomic mass is 9.86. The average molecular weight is 333 g/mol. The van der Waals surface area contributed by atoms with E-state index in [2.05, 4.69) is 4.98 Å². The summed E-state index contributed by atoms with van der Waals surface area (Å²) in [5.74, 6) is 1.48. The highest BCUT2D eigenvalue weighted by molar-refractivity contribution is 7.56. The van der Waals surface area contributed by atoms with Crippen LogP contribution in [0.4, 0.5) is 0 Å². The molecule has 5 nitrogen and oxygen atoms in total. The molecule has 0 amide bonds. The van der Waals surface area contributed by atoms with Crippen LogP contribution in [0.3, 0.4) is 0 Å². The van der Waals surface area contributed by atoms with Gasteiger partial charge in [0.05, 0.1) is 0 Å². The second kappa shape index (κ2) is 6.57. The Bertz CT molecular complexity index is 751. The summed E-state index contributed by atoms with van der Waals surface area (Å²) in [6, 6.07) is 8.00. The molecule has 0 aliphatic rings. The lowest BCUT2D eigenvalue weighted by Crippen LogP contribution is -2.11. The zero-order valence-electron chi connectivity index (χ0n) is 13.3. The van der Waals surface area contributed by atoms with Crippen molar-refractivity contribution in [3.8, 4) is 11.5 Å². The van der Waals surface area contributed by atoms with Gasteiger partial charge in [-0.3, -0.25) is 4.98 Å². The molecule has 1 aromatic carbocycles. The predicted octanol–water partition coefficient (Wildman–Crippen LogP) is 4.32. The van der Waals surface area contributed by atoms with E-state index in [1.165, 1.54) is 18.2 Å². The number of pyridine rings is 1. The van der Waals surface area contributed by atoms with Crippen molar-refractivity contribution in [2.45, 2.75) is 26.2 Å². The molecule has 1 unspecified atom stereocenters. The molecule has 0 saturated heterocycles. The van der Waals surface area contributed by atoms with Crippen LogP contribution < -0.4 is 4.52 Å². The number of phenolic OH excluding ortho intramolecular Hbond substituents is 1. The number of aromatic nitrogens is 1. The third-order valence-corrected chi connectivity index (χ3v) is 4.15. The molecular formula is C17H20NO4P. The van der Waals surface area contributed by atoms with Crippen molar-refractivity contribution >= 4 is 13.7 Å². The van der Waals surface area contributed by atoms with Crippen molar-refractivity contribution in [3.05, 3.63) is 59.7 Å². The molecule has 122 valence electrons. The molecule has 2 rings (SSSR count). The van der Waals surface area contributed by atoms with Crippen LogP contribution >= 0.6 is 7.60 Å². The maximum Gasteiger partial charge on any atom is 0.401 e. The van der Waals surface area contributed by atoms with Gasteiger partial charge in [-0.05, 0) is 41.3 Å². The fourth-order valence-electron chi connectivity index (χ4n) is 2.01. The molecule has 0 aliphatic heterocycles. The molecule has 1 aromatic heterocycles. The number of rotatable bonds is 4. The van der Waals surface area contributed by atoms with Gasteiger partial charge in [-0.1, -0.05) is 26.8 Å². The minimum absolute atomic E-state index is 0.128. The van der Waals surface area contributed by atoms with Crippen LogP contribution in [0.5, 0.6) is 11.5 Å². The second-order valence-corrected chi connectivity index (χ2v) is 7.80. The maximum absolute atomic E-state index is 12.2. The van der Waals surface area contributed by atoms with Gasteiger partial charge in [0.1, 0.15) is 11.5 Å². The van der Waals surface area contributed by atoms with Crippen molar-refractivity contribution in [2.75, 3.05) is 0 Å². The van der Waals surface area contributed by atoms with Crippen LogP contribution in [-0.2, 0) is 9.98 Å².